The van der Waals surface area contributed by atoms with Crippen molar-refractivity contribution in [2.45, 2.75) is 0 Å². The smallest absolute Gasteiger partial charge is 0.164 e. The van der Waals surface area contributed by atoms with Crippen molar-refractivity contribution >= 4 is 54.6 Å². The predicted octanol–water partition coefficient (Wildman–Crippen LogP) is 13.2. The highest BCUT2D eigenvalue weighted by Crippen LogP contribution is 2.41. The third-order valence-electron chi connectivity index (χ3n) is 10.3. The van der Waals surface area contributed by atoms with Gasteiger partial charge in [-0.05, 0) is 64.0 Å². The summed E-state index contributed by atoms with van der Waals surface area (Å²) in [5.74, 6) is 1.72. The highest BCUT2D eigenvalue weighted by Gasteiger charge is 2.19. The van der Waals surface area contributed by atoms with Gasteiger partial charge in [-0.3, -0.25) is 0 Å². The van der Waals surface area contributed by atoms with E-state index >= 15 is 0 Å². The second-order valence-electron chi connectivity index (χ2n) is 13.6. The van der Waals surface area contributed by atoms with Crippen molar-refractivity contribution in [3.05, 3.63) is 176 Å². The summed E-state index contributed by atoms with van der Waals surface area (Å²) in [7, 11) is 0. The molecule has 0 spiro atoms. The topological polar surface area (TPSA) is 65.0 Å². The average molecular weight is 692 g/mol. The van der Waals surface area contributed by atoms with Crippen LogP contribution < -0.4 is 0 Å². The first-order valence-electron chi connectivity index (χ1n) is 18.0. The summed E-state index contributed by atoms with van der Waals surface area (Å²) in [6, 6.07) is 60.4. The van der Waals surface area contributed by atoms with Gasteiger partial charge in [-0.15, -0.1) is 0 Å². The van der Waals surface area contributed by atoms with E-state index < -0.39 is 0 Å². The summed E-state index contributed by atoms with van der Waals surface area (Å²) in [6.45, 7) is 0. The Hall–Kier alpha value is -7.37. The fourth-order valence-electron chi connectivity index (χ4n) is 7.77. The maximum atomic E-state index is 6.68. The lowest BCUT2D eigenvalue weighted by molar-refractivity contribution is 0.669. The van der Waals surface area contributed by atoms with E-state index in [1.807, 2.05) is 66.7 Å². The van der Waals surface area contributed by atoms with E-state index in [-0.39, 0.29) is 0 Å². The van der Waals surface area contributed by atoms with Crippen LogP contribution in [-0.4, -0.2) is 15.0 Å². The lowest BCUT2D eigenvalue weighted by Gasteiger charge is -2.09. The zero-order chi connectivity index (χ0) is 35.6. The molecule has 5 heteroatoms. The minimum Gasteiger partial charge on any atom is -0.456 e. The number of furan rings is 2. The number of benzene rings is 8. The van der Waals surface area contributed by atoms with Crippen LogP contribution in [0.5, 0.6) is 0 Å². The van der Waals surface area contributed by atoms with Crippen LogP contribution in [0.15, 0.2) is 185 Å². The van der Waals surface area contributed by atoms with Crippen molar-refractivity contribution in [2.24, 2.45) is 0 Å². The average Bonchev–Trinajstić information content (AvgIpc) is 3.82. The summed E-state index contributed by atoms with van der Waals surface area (Å²) in [5.41, 5.74) is 10.5. The van der Waals surface area contributed by atoms with Crippen molar-refractivity contribution in [1.29, 1.82) is 0 Å². The molecule has 11 rings (SSSR count). The van der Waals surface area contributed by atoms with E-state index in [9.17, 15) is 0 Å². The maximum absolute atomic E-state index is 6.68. The fraction of sp³-hybridized carbons (Fsp3) is 0. The highest BCUT2D eigenvalue weighted by molar-refractivity contribution is 6.19. The fourth-order valence-corrected chi connectivity index (χ4v) is 7.77. The summed E-state index contributed by atoms with van der Waals surface area (Å²) in [4.78, 5) is 15.1. The molecule has 8 aromatic carbocycles. The molecule has 0 aliphatic carbocycles. The first-order valence-corrected chi connectivity index (χ1v) is 18.0. The van der Waals surface area contributed by atoms with Crippen LogP contribution in [0.25, 0.3) is 111 Å². The second-order valence-corrected chi connectivity index (χ2v) is 13.6. The molecule has 0 saturated carbocycles. The van der Waals surface area contributed by atoms with E-state index in [0.29, 0.717) is 17.5 Å². The Kier molecular flexibility index (Phi) is 6.79. The molecule has 3 aromatic heterocycles. The molecule has 0 saturated heterocycles. The quantitative estimate of drug-likeness (QED) is 0.180. The molecule has 0 amide bonds. The lowest BCUT2D eigenvalue weighted by Crippen LogP contribution is -2.00. The van der Waals surface area contributed by atoms with Crippen LogP contribution >= 0.6 is 0 Å². The Balaban J connectivity index is 1.07. The summed E-state index contributed by atoms with van der Waals surface area (Å²) in [6.07, 6.45) is 0. The molecule has 3 heterocycles. The second kappa shape index (κ2) is 12.1. The van der Waals surface area contributed by atoms with E-state index in [1.165, 1.54) is 11.1 Å². The van der Waals surface area contributed by atoms with E-state index in [2.05, 4.69) is 109 Å². The zero-order valence-corrected chi connectivity index (χ0v) is 28.9. The number of hydrogen-bond acceptors (Lipinski definition) is 5. The number of fused-ring (bicyclic) bond motifs is 8. The van der Waals surface area contributed by atoms with Gasteiger partial charge >= 0.3 is 0 Å². The van der Waals surface area contributed by atoms with Crippen molar-refractivity contribution in [3.8, 4) is 56.4 Å². The van der Waals surface area contributed by atoms with Gasteiger partial charge in [0.2, 0.25) is 0 Å². The van der Waals surface area contributed by atoms with Crippen molar-refractivity contribution in [1.82, 2.24) is 15.0 Å². The van der Waals surface area contributed by atoms with Crippen LogP contribution in [0.4, 0.5) is 0 Å². The van der Waals surface area contributed by atoms with Gasteiger partial charge in [0, 0.05) is 43.6 Å². The Morgan fingerprint density at radius 1 is 0.296 bits per heavy atom. The molecule has 0 atom stereocenters. The minimum atomic E-state index is 0.562. The van der Waals surface area contributed by atoms with Gasteiger partial charge in [0.25, 0.3) is 0 Å². The van der Waals surface area contributed by atoms with Crippen LogP contribution in [-0.2, 0) is 0 Å². The normalized spacial score (nSPS) is 11.7. The highest BCUT2D eigenvalue weighted by atomic mass is 16.3. The molecule has 0 unspecified atom stereocenters. The van der Waals surface area contributed by atoms with Gasteiger partial charge in [0.1, 0.15) is 22.3 Å². The first-order chi connectivity index (χ1) is 26.7. The molecule has 0 bridgehead atoms. The van der Waals surface area contributed by atoms with Gasteiger partial charge in [0.15, 0.2) is 17.5 Å². The molecule has 0 aliphatic rings. The molecule has 0 N–H and O–H groups in total. The van der Waals surface area contributed by atoms with E-state index in [1.54, 1.807) is 0 Å². The van der Waals surface area contributed by atoms with Crippen LogP contribution in [0.3, 0.4) is 0 Å². The molecule has 0 aliphatic heterocycles. The number of hydrogen-bond donors (Lipinski definition) is 0. The molecular formula is C49H29N3O2. The van der Waals surface area contributed by atoms with Gasteiger partial charge in [-0.2, -0.15) is 0 Å². The van der Waals surface area contributed by atoms with Gasteiger partial charge in [-0.25, -0.2) is 15.0 Å². The first kappa shape index (κ1) is 30.3. The van der Waals surface area contributed by atoms with Crippen molar-refractivity contribution < 1.29 is 8.83 Å². The molecule has 54 heavy (non-hydrogen) atoms. The van der Waals surface area contributed by atoms with Gasteiger partial charge < -0.3 is 8.83 Å². The number of aromatic nitrogens is 3. The van der Waals surface area contributed by atoms with Crippen LogP contribution in [0.1, 0.15) is 0 Å². The molecule has 11 aromatic rings. The SMILES string of the molecule is c1ccc(-c2nc(-c3ccc4c(c3)oc3c5ccccc5c(-c5ccccc5)cc43)nc(-c3ccc4c(c3)oc3cccc(-c5ccccc5)c34)n2)cc1. The number of rotatable bonds is 5. The molecule has 5 nitrogen and oxygen atoms in total. The molecule has 0 fully saturated rings. The summed E-state index contributed by atoms with van der Waals surface area (Å²) in [5, 5.41) is 6.49. The Labute approximate surface area is 309 Å². The minimum absolute atomic E-state index is 0.562. The van der Waals surface area contributed by atoms with Gasteiger partial charge in [-0.1, -0.05) is 140 Å². The zero-order valence-electron chi connectivity index (χ0n) is 28.9. The van der Waals surface area contributed by atoms with Crippen LogP contribution in [0, 0.1) is 0 Å². The summed E-state index contributed by atoms with van der Waals surface area (Å²) < 4.78 is 13.2. The molecule has 0 radical (unpaired) electrons. The van der Waals surface area contributed by atoms with Crippen LogP contribution in [0.2, 0.25) is 0 Å². The number of nitrogens with zero attached hydrogens (tertiary/aromatic N) is 3. The van der Waals surface area contributed by atoms with E-state index in [4.69, 9.17) is 23.8 Å². The Morgan fingerprint density at radius 3 is 1.50 bits per heavy atom. The van der Waals surface area contributed by atoms with E-state index in [0.717, 1.165) is 82.5 Å². The van der Waals surface area contributed by atoms with Crippen molar-refractivity contribution in [3.63, 3.8) is 0 Å². The predicted molar refractivity (Wildman–Crippen MR) is 219 cm³/mol. The maximum Gasteiger partial charge on any atom is 0.164 e. The van der Waals surface area contributed by atoms with Crippen molar-refractivity contribution in [2.75, 3.05) is 0 Å². The third kappa shape index (κ3) is 4.90. The molecular weight excluding hydrogens is 663 g/mol. The largest absolute Gasteiger partial charge is 0.456 e. The monoisotopic (exact) mass is 691 g/mol. The van der Waals surface area contributed by atoms with Gasteiger partial charge in [0.05, 0.1) is 0 Å². The molecule has 252 valence electrons. The Bertz CT molecular complexity index is 3200. The standard InChI is InChI=1S/C49H29N3O2/c1-4-13-30(14-5-1)35-21-12-22-42-45(35)39-26-24-34(28-44(39)53-42)49-51-47(32-17-8-3-9-18-32)50-48(52-49)33-23-25-37-41-29-40(31-15-6-2-7-16-31)36-19-10-11-20-38(36)46(41)54-43(37)27-33/h1-29H. The Morgan fingerprint density at radius 2 is 0.833 bits per heavy atom. The third-order valence-corrected chi connectivity index (χ3v) is 10.3. The lowest BCUT2D eigenvalue weighted by atomic mass is 9.95. The summed E-state index contributed by atoms with van der Waals surface area (Å²) >= 11 is 0.